The van der Waals surface area contributed by atoms with Crippen molar-refractivity contribution < 1.29 is 4.79 Å². The highest BCUT2D eigenvalue weighted by Gasteiger charge is 2.27. The van der Waals surface area contributed by atoms with Crippen molar-refractivity contribution in [1.29, 1.82) is 0 Å². The molecule has 1 aliphatic heterocycles. The number of halogens is 1. The maximum Gasteiger partial charge on any atom is 0.255 e. The lowest BCUT2D eigenvalue weighted by Crippen LogP contribution is -2.42. The molecule has 0 spiro atoms. The first-order chi connectivity index (χ1) is 8.24. The van der Waals surface area contributed by atoms with Crippen LogP contribution in [0.3, 0.4) is 0 Å². The van der Waals surface area contributed by atoms with Gasteiger partial charge in [-0.3, -0.25) is 4.79 Å². The van der Waals surface area contributed by atoms with Crippen molar-refractivity contribution in [2.24, 2.45) is 0 Å². The number of thiophene rings is 1. The summed E-state index contributed by atoms with van der Waals surface area (Å²) < 4.78 is 0. The zero-order chi connectivity index (χ0) is 12.3. The summed E-state index contributed by atoms with van der Waals surface area (Å²) in [5.41, 5.74) is 1.99. The monoisotopic (exact) mass is 288 g/mol. The molecule has 5 heteroatoms. The number of hydrogen-bond acceptors (Lipinski definition) is 3. The number of rotatable bonds is 4. The Bertz CT molecular complexity index is 388. The number of hydrogen-bond donors (Lipinski definition) is 1. The molecule has 2 rings (SSSR count). The molecule has 0 bridgehead atoms. The molecule has 1 aliphatic rings. The van der Waals surface area contributed by atoms with Gasteiger partial charge < -0.3 is 10.2 Å². The average Bonchev–Trinajstić information content (AvgIpc) is 2.95. The fourth-order valence-electron chi connectivity index (χ4n) is 2.33. The van der Waals surface area contributed by atoms with E-state index in [2.05, 4.69) is 17.1 Å². The summed E-state index contributed by atoms with van der Waals surface area (Å²) in [5, 5.41) is 7.36. The Morgan fingerprint density at radius 2 is 2.33 bits per heavy atom. The van der Waals surface area contributed by atoms with Crippen LogP contribution in [0.2, 0.25) is 0 Å². The molecule has 3 nitrogen and oxygen atoms in total. The van der Waals surface area contributed by atoms with Crippen molar-refractivity contribution in [3.63, 3.8) is 0 Å². The van der Waals surface area contributed by atoms with Crippen LogP contribution in [0, 0.1) is 6.92 Å². The first-order valence-corrected chi connectivity index (χ1v) is 7.22. The third-order valence-corrected chi connectivity index (χ3v) is 4.15. The molecule has 1 aromatic rings. The lowest BCUT2D eigenvalue weighted by atomic mass is 10.1. The Hall–Kier alpha value is -0.580. The van der Waals surface area contributed by atoms with Crippen molar-refractivity contribution in [2.75, 3.05) is 19.6 Å². The molecule has 1 unspecified atom stereocenters. The van der Waals surface area contributed by atoms with Gasteiger partial charge in [-0.25, -0.2) is 0 Å². The lowest BCUT2D eigenvalue weighted by Gasteiger charge is -2.28. The van der Waals surface area contributed by atoms with E-state index in [1.54, 1.807) is 11.3 Å². The third-order valence-electron chi connectivity index (χ3n) is 3.29. The molecule has 0 saturated carbocycles. The summed E-state index contributed by atoms with van der Waals surface area (Å²) in [6.45, 7) is 6.97. The molecule has 1 atom stereocenters. The van der Waals surface area contributed by atoms with Crippen LogP contribution >= 0.6 is 23.7 Å². The van der Waals surface area contributed by atoms with Crippen LogP contribution in [0.4, 0.5) is 0 Å². The predicted molar refractivity (Wildman–Crippen MR) is 78.9 cm³/mol. The van der Waals surface area contributed by atoms with Crippen LogP contribution in [0.5, 0.6) is 0 Å². The minimum atomic E-state index is 0. The number of aryl methyl sites for hydroxylation is 1. The fraction of sp³-hybridized carbons (Fsp3) is 0.615. The van der Waals surface area contributed by atoms with E-state index in [4.69, 9.17) is 0 Å². The molecule has 102 valence electrons. The Morgan fingerprint density at radius 1 is 1.56 bits per heavy atom. The van der Waals surface area contributed by atoms with Crippen molar-refractivity contribution in [3.8, 4) is 0 Å². The van der Waals surface area contributed by atoms with E-state index in [0.717, 1.165) is 43.6 Å². The largest absolute Gasteiger partial charge is 0.334 e. The van der Waals surface area contributed by atoms with Crippen molar-refractivity contribution in [1.82, 2.24) is 10.2 Å². The number of nitrogens with one attached hydrogen (secondary N) is 1. The van der Waals surface area contributed by atoms with Crippen LogP contribution in [0.1, 0.15) is 35.7 Å². The molecule has 1 fully saturated rings. The van der Waals surface area contributed by atoms with E-state index >= 15 is 0 Å². The first-order valence-electron chi connectivity index (χ1n) is 6.28. The van der Waals surface area contributed by atoms with Crippen LogP contribution in [0.15, 0.2) is 10.8 Å². The van der Waals surface area contributed by atoms with Gasteiger partial charge in [-0.15, -0.1) is 12.4 Å². The molecule has 1 amide bonds. The normalized spacial score (nSPS) is 18.4. The Labute approximate surface area is 119 Å². The summed E-state index contributed by atoms with van der Waals surface area (Å²) >= 11 is 1.61. The minimum Gasteiger partial charge on any atom is -0.334 e. The fourth-order valence-corrected chi connectivity index (χ4v) is 3.15. The van der Waals surface area contributed by atoms with Crippen molar-refractivity contribution in [2.45, 2.75) is 32.7 Å². The van der Waals surface area contributed by atoms with Crippen LogP contribution in [-0.4, -0.2) is 36.5 Å². The Morgan fingerprint density at radius 3 is 2.83 bits per heavy atom. The summed E-state index contributed by atoms with van der Waals surface area (Å²) in [6, 6.07) is 0.377. The minimum absolute atomic E-state index is 0. The van der Waals surface area contributed by atoms with Gasteiger partial charge in [-0.05, 0) is 37.3 Å². The quantitative estimate of drug-likeness (QED) is 0.924. The van der Waals surface area contributed by atoms with Crippen LogP contribution in [-0.2, 0) is 0 Å². The molecular weight excluding hydrogens is 268 g/mol. The molecule has 1 N–H and O–H groups in total. The second kappa shape index (κ2) is 7.12. The molecule has 1 saturated heterocycles. The number of carbonyl (C=O) groups excluding carboxylic acids is 1. The number of carbonyl (C=O) groups is 1. The summed E-state index contributed by atoms with van der Waals surface area (Å²) in [7, 11) is 0. The molecule has 0 radical (unpaired) electrons. The van der Waals surface area contributed by atoms with Gasteiger partial charge in [0.15, 0.2) is 0 Å². The van der Waals surface area contributed by atoms with Gasteiger partial charge in [0, 0.05) is 24.5 Å². The maximum atomic E-state index is 12.5. The van der Waals surface area contributed by atoms with Crippen LogP contribution in [0.25, 0.3) is 0 Å². The van der Waals surface area contributed by atoms with Crippen molar-refractivity contribution >= 4 is 29.7 Å². The highest BCUT2D eigenvalue weighted by atomic mass is 35.5. The van der Waals surface area contributed by atoms with E-state index in [9.17, 15) is 4.79 Å². The molecule has 0 aliphatic carbocycles. The molecule has 0 aromatic carbocycles. The second-order valence-corrected chi connectivity index (χ2v) is 5.36. The van der Waals surface area contributed by atoms with Gasteiger partial charge in [0.05, 0.1) is 5.56 Å². The zero-order valence-electron chi connectivity index (χ0n) is 10.9. The standard InChI is InChI=1S/C13H20N2OS.ClH/c1-3-6-15(11-4-5-14-7-11)13(16)12-9-17-8-10(12)2;/h8-9,11,14H,3-7H2,1-2H3;1H. The number of nitrogens with zero attached hydrogens (tertiary/aromatic N) is 1. The third kappa shape index (κ3) is 3.25. The highest BCUT2D eigenvalue weighted by Crippen LogP contribution is 2.19. The van der Waals surface area contributed by atoms with Gasteiger partial charge in [0.1, 0.15) is 0 Å². The van der Waals surface area contributed by atoms with Gasteiger partial charge in [0.25, 0.3) is 5.91 Å². The summed E-state index contributed by atoms with van der Waals surface area (Å²) in [5.74, 6) is 0.208. The topological polar surface area (TPSA) is 32.3 Å². The van der Waals surface area contributed by atoms with Crippen molar-refractivity contribution in [3.05, 3.63) is 21.9 Å². The first kappa shape index (κ1) is 15.5. The lowest BCUT2D eigenvalue weighted by molar-refractivity contribution is 0.0692. The predicted octanol–water partition coefficient (Wildman–Crippen LogP) is 2.69. The van der Waals surface area contributed by atoms with E-state index < -0.39 is 0 Å². The smallest absolute Gasteiger partial charge is 0.255 e. The number of amides is 1. The van der Waals surface area contributed by atoms with Gasteiger partial charge in [-0.2, -0.15) is 11.3 Å². The molecule has 1 aromatic heterocycles. The Kier molecular flexibility index (Phi) is 6.12. The molecule has 2 heterocycles. The van der Waals surface area contributed by atoms with Gasteiger partial charge in [-0.1, -0.05) is 6.92 Å². The summed E-state index contributed by atoms with van der Waals surface area (Å²) in [4.78, 5) is 14.6. The van der Waals surface area contributed by atoms with E-state index in [-0.39, 0.29) is 18.3 Å². The molecule has 18 heavy (non-hydrogen) atoms. The van der Waals surface area contributed by atoms with Gasteiger partial charge >= 0.3 is 0 Å². The van der Waals surface area contributed by atoms with E-state index in [1.165, 1.54) is 0 Å². The zero-order valence-corrected chi connectivity index (χ0v) is 12.6. The highest BCUT2D eigenvalue weighted by molar-refractivity contribution is 7.08. The summed E-state index contributed by atoms with van der Waals surface area (Å²) in [6.07, 6.45) is 2.10. The SMILES string of the molecule is CCCN(C(=O)c1cscc1C)C1CCNC1.Cl. The van der Waals surface area contributed by atoms with E-state index in [0.29, 0.717) is 6.04 Å². The molecular formula is C13H21ClN2OS. The van der Waals surface area contributed by atoms with Gasteiger partial charge in [0.2, 0.25) is 0 Å². The average molecular weight is 289 g/mol. The second-order valence-electron chi connectivity index (χ2n) is 4.61. The Balaban J connectivity index is 0.00000162. The maximum absolute atomic E-state index is 12.5. The van der Waals surface area contributed by atoms with Crippen LogP contribution < -0.4 is 5.32 Å². The van der Waals surface area contributed by atoms with E-state index in [1.807, 2.05) is 17.7 Å².